The topological polar surface area (TPSA) is 115 Å². The average Bonchev–Trinajstić information content (AvgIpc) is 3.37. The van der Waals surface area contributed by atoms with Crippen LogP contribution in [0.15, 0.2) is 64.8 Å². The number of hydrogen-bond donors (Lipinski definition) is 3. The fraction of sp³-hybridized carbons (Fsp3) is 0.214. The van der Waals surface area contributed by atoms with Gasteiger partial charge in [-0.3, -0.25) is 10.2 Å². The standard InChI is InChI=1S/C28H26N4O4/c1-15-11-23(19-5-4-6-20(13-19)28(35)36)26(33)24(12-15)29-30-25-17(3)31-32(27(25)34)21-10-9-18-8-7-16(2)22(18)14-21/h4-6,9-14,16,29,33H,7-8H2,1-3H3,(H,35,36)/b30-25-. The molecule has 0 saturated carbocycles. The van der Waals surface area contributed by atoms with Crippen LogP contribution in [-0.4, -0.2) is 33.5 Å². The molecule has 0 saturated heterocycles. The van der Waals surface area contributed by atoms with E-state index < -0.39 is 5.97 Å². The lowest BCUT2D eigenvalue weighted by Crippen LogP contribution is -2.28. The van der Waals surface area contributed by atoms with Crippen molar-refractivity contribution < 1.29 is 19.8 Å². The van der Waals surface area contributed by atoms with Gasteiger partial charge in [0, 0.05) is 5.56 Å². The van der Waals surface area contributed by atoms with Crippen molar-refractivity contribution in [3.05, 3.63) is 76.9 Å². The number of anilines is 2. The molecule has 1 aliphatic heterocycles. The zero-order valence-corrected chi connectivity index (χ0v) is 20.2. The van der Waals surface area contributed by atoms with Crippen LogP contribution in [0.5, 0.6) is 5.75 Å². The third-order valence-corrected chi connectivity index (χ3v) is 6.70. The SMILES string of the molecule is CC1=NN(c2ccc3c(c2)C(C)CC3)C(=O)/C1=N\Nc1cc(C)cc(-c2cccc(C(=O)O)c2)c1O. The number of rotatable bonds is 5. The molecule has 5 rings (SSSR count). The smallest absolute Gasteiger partial charge is 0.335 e. The normalized spacial score (nSPS) is 17.9. The summed E-state index contributed by atoms with van der Waals surface area (Å²) in [6.45, 7) is 5.76. The van der Waals surface area contributed by atoms with Gasteiger partial charge >= 0.3 is 11.9 Å². The van der Waals surface area contributed by atoms with E-state index in [0.717, 1.165) is 18.4 Å². The molecule has 0 fully saturated rings. The number of nitrogens with zero attached hydrogens (tertiary/aromatic N) is 3. The number of amides is 1. The van der Waals surface area contributed by atoms with Crippen LogP contribution in [0.25, 0.3) is 11.1 Å². The molecule has 182 valence electrons. The molecular formula is C28H26N4O4. The van der Waals surface area contributed by atoms with Crippen molar-refractivity contribution in [1.29, 1.82) is 0 Å². The summed E-state index contributed by atoms with van der Waals surface area (Å²) in [6.07, 6.45) is 2.15. The molecule has 3 N–H and O–H groups in total. The van der Waals surface area contributed by atoms with Gasteiger partial charge in [0.15, 0.2) is 5.71 Å². The molecule has 3 aromatic carbocycles. The number of nitrogens with one attached hydrogen (secondary N) is 1. The van der Waals surface area contributed by atoms with E-state index in [4.69, 9.17) is 0 Å². The molecule has 0 aromatic heterocycles. The highest BCUT2D eigenvalue weighted by atomic mass is 16.4. The number of hydrazone groups is 2. The van der Waals surface area contributed by atoms with E-state index in [1.54, 1.807) is 31.2 Å². The van der Waals surface area contributed by atoms with Gasteiger partial charge in [0.1, 0.15) is 5.75 Å². The van der Waals surface area contributed by atoms with Crippen molar-refractivity contribution in [1.82, 2.24) is 0 Å². The van der Waals surface area contributed by atoms with Gasteiger partial charge in [-0.25, -0.2) is 4.79 Å². The van der Waals surface area contributed by atoms with Gasteiger partial charge in [-0.15, -0.1) is 0 Å². The molecule has 1 unspecified atom stereocenters. The number of carboxylic acid groups (broad SMARTS) is 1. The maximum atomic E-state index is 13.2. The summed E-state index contributed by atoms with van der Waals surface area (Å²) in [5.74, 6) is -1.05. The van der Waals surface area contributed by atoms with Crippen LogP contribution in [0, 0.1) is 6.92 Å². The first-order valence-electron chi connectivity index (χ1n) is 11.8. The molecule has 1 aliphatic carbocycles. The Balaban J connectivity index is 1.43. The van der Waals surface area contributed by atoms with Crippen LogP contribution in [0.4, 0.5) is 11.4 Å². The summed E-state index contributed by atoms with van der Waals surface area (Å²) in [5, 5.41) is 30.3. The Morgan fingerprint density at radius 3 is 2.72 bits per heavy atom. The lowest BCUT2D eigenvalue weighted by Gasteiger charge is -2.14. The number of fused-ring (bicyclic) bond motifs is 1. The second kappa shape index (κ2) is 8.96. The quantitative estimate of drug-likeness (QED) is 0.337. The van der Waals surface area contributed by atoms with Gasteiger partial charge in [0.25, 0.3) is 0 Å². The molecule has 1 heterocycles. The van der Waals surface area contributed by atoms with Crippen LogP contribution < -0.4 is 10.4 Å². The third-order valence-electron chi connectivity index (χ3n) is 6.70. The molecule has 2 aliphatic rings. The third kappa shape index (κ3) is 4.11. The molecule has 1 amide bonds. The van der Waals surface area contributed by atoms with Crippen molar-refractivity contribution in [2.24, 2.45) is 10.2 Å². The number of aromatic hydroxyl groups is 1. The van der Waals surface area contributed by atoms with E-state index in [1.165, 1.54) is 28.3 Å². The number of carbonyl (C=O) groups is 2. The number of hydrogen-bond acceptors (Lipinski definition) is 6. The van der Waals surface area contributed by atoms with Gasteiger partial charge in [-0.05, 0) is 91.3 Å². The largest absolute Gasteiger partial charge is 0.505 e. The monoisotopic (exact) mass is 482 g/mol. The van der Waals surface area contributed by atoms with E-state index in [-0.39, 0.29) is 22.9 Å². The van der Waals surface area contributed by atoms with E-state index in [9.17, 15) is 19.8 Å². The molecular weight excluding hydrogens is 456 g/mol. The molecule has 1 atom stereocenters. The number of phenolic OH excluding ortho intramolecular Hbond substituents is 1. The number of aryl methyl sites for hydroxylation is 2. The van der Waals surface area contributed by atoms with Gasteiger partial charge in [0.2, 0.25) is 0 Å². The first-order valence-corrected chi connectivity index (χ1v) is 11.8. The number of benzene rings is 3. The van der Waals surface area contributed by atoms with Gasteiger partial charge in [-0.2, -0.15) is 15.2 Å². The van der Waals surface area contributed by atoms with Gasteiger partial charge < -0.3 is 10.2 Å². The predicted octanol–water partition coefficient (Wildman–Crippen LogP) is 5.31. The van der Waals surface area contributed by atoms with Crippen molar-refractivity contribution in [2.75, 3.05) is 10.4 Å². The first-order chi connectivity index (χ1) is 17.2. The lowest BCUT2D eigenvalue weighted by molar-refractivity contribution is -0.112. The van der Waals surface area contributed by atoms with Crippen molar-refractivity contribution in [2.45, 2.75) is 39.5 Å². The van der Waals surface area contributed by atoms with Crippen LogP contribution in [0.1, 0.15) is 53.2 Å². The Morgan fingerprint density at radius 1 is 1.14 bits per heavy atom. The maximum absolute atomic E-state index is 13.2. The van der Waals surface area contributed by atoms with E-state index in [2.05, 4.69) is 28.6 Å². The Kier molecular flexibility index (Phi) is 5.80. The Hall–Kier alpha value is -4.46. The number of phenols is 1. The fourth-order valence-corrected chi connectivity index (χ4v) is 4.75. The maximum Gasteiger partial charge on any atom is 0.335 e. The highest BCUT2D eigenvalue weighted by molar-refractivity contribution is 6.71. The lowest BCUT2D eigenvalue weighted by atomic mass is 9.99. The molecule has 8 heteroatoms. The number of aromatic carboxylic acids is 1. The molecule has 3 aromatic rings. The average molecular weight is 483 g/mol. The van der Waals surface area contributed by atoms with Gasteiger partial charge in [-0.1, -0.05) is 25.1 Å². The minimum absolute atomic E-state index is 0.100. The van der Waals surface area contributed by atoms with Crippen molar-refractivity contribution >= 4 is 34.7 Å². The van der Waals surface area contributed by atoms with Gasteiger partial charge in [0.05, 0.1) is 22.6 Å². The second-order valence-electron chi connectivity index (χ2n) is 9.29. The molecule has 0 spiro atoms. The Labute approximate surface area is 208 Å². The molecule has 0 bridgehead atoms. The van der Waals surface area contributed by atoms with E-state index in [1.807, 2.05) is 19.1 Å². The van der Waals surface area contributed by atoms with E-state index >= 15 is 0 Å². The highest BCUT2D eigenvalue weighted by Crippen LogP contribution is 2.38. The fourth-order valence-electron chi connectivity index (χ4n) is 4.75. The molecule has 0 radical (unpaired) electrons. The van der Waals surface area contributed by atoms with Crippen LogP contribution in [-0.2, 0) is 11.2 Å². The van der Waals surface area contributed by atoms with E-state index in [0.29, 0.717) is 34.1 Å². The highest BCUT2D eigenvalue weighted by Gasteiger charge is 2.32. The Morgan fingerprint density at radius 2 is 1.94 bits per heavy atom. The number of carbonyl (C=O) groups excluding carboxylic acids is 1. The predicted molar refractivity (Wildman–Crippen MR) is 140 cm³/mol. The van der Waals surface area contributed by atoms with Crippen LogP contribution >= 0.6 is 0 Å². The van der Waals surface area contributed by atoms with Crippen LogP contribution in [0.2, 0.25) is 0 Å². The molecule has 36 heavy (non-hydrogen) atoms. The zero-order chi connectivity index (χ0) is 25.6. The summed E-state index contributed by atoms with van der Waals surface area (Å²) >= 11 is 0. The second-order valence-corrected chi connectivity index (χ2v) is 9.29. The summed E-state index contributed by atoms with van der Waals surface area (Å²) < 4.78 is 0. The zero-order valence-electron chi connectivity index (χ0n) is 20.2. The summed E-state index contributed by atoms with van der Waals surface area (Å²) in [4.78, 5) is 24.6. The number of carboxylic acids is 1. The first kappa shape index (κ1) is 23.3. The minimum atomic E-state index is -1.05. The summed E-state index contributed by atoms with van der Waals surface area (Å²) in [6, 6.07) is 15.8. The molecule has 8 nitrogen and oxygen atoms in total. The Bertz CT molecular complexity index is 1470. The van der Waals surface area contributed by atoms with Crippen molar-refractivity contribution in [3.8, 4) is 16.9 Å². The van der Waals surface area contributed by atoms with Crippen molar-refractivity contribution in [3.63, 3.8) is 0 Å². The summed E-state index contributed by atoms with van der Waals surface area (Å²) in [5.41, 5.74) is 8.95. The van der Waals surface area contributed by atoms with Crippen LogP contribution in [0.3, 0.4) is 0 Å². The summed E-state index contributed by atoms with van der Waals surface area (Å²) in [7, 11) is 0. The minimum Gasteiger partial charge on any atom is -0.505 e.